The van der Waals surface area contributed by atoms with Crippen LogP contribution >= 0.6 is 22.9 Å². The number of thiophene rings is 1. The maximum absolute atomic E-state index is 12.7. The van der Waals surface area contributed by atoms with E-state index >= 15 is 0 Å². The van der Waals surface area contributed by atoms with Crippen LogP contribution in [-0.4, -0.2) is 21.8 Å². The van der Waals surface area contributed by atoms with Gasteiger partial charge in [0.1, 0.15) is 0 Å². The Hall–Kier alpha value is -3.75. The molecule has 0 aliphatic rings. The molecular weight excluding hydrogens is 458 g/mol. The van der Waals surface area contributed by atoms with Crippen LogP contribution in [-0.2, 0) is 0 Å². The van der Waals surface area contributed by atoms with E-state index in [-0.39, 0.29) is 0 Å². The summed E-state index contributed by atoms with van der Waals surface area (Å²) in [6, 6.07) is 16.1. The first-order valence-corrected chi connectivity index (χ1v) is 11.3. The van der Waals surface area contributed by atoms with Crippen LogP contribution in [0.3, 0.4) is 0 Å². The number of aromatic nitrogens is 2. The molecule has 0 radical (unpaired) electrons. The highest BCUT2D eigenvalue weighted by atomic mass is 35.5. The molecule has 0 bridgehead atoms. The van der Waals surface area contributed by atoms with Crippen LogP contribution in [0.15, 0.2) is 66.2 Å². The van der Waals surface area contributed by atoms with Crippen LogP contribution in [0.1, 0.15) is 31.8 Å². The van der Waals surface area contributed by atoms with Crippen molar-refractivity contribution in [2.24, 2.45) is 0 Å². The number of nitrogens with zero attached hydrogens (tertiary/aromatic N) is 2. The van der Waals surface area contributed by atoms with E-state index in [2.05, 4.69) is 26.1 Å². The topological polar surface area (TPSA) is 96.0 Å². The van der Waals surface area contributed by atoms with Gasteiger partial charge in [-0.25, -0.2) is 9.97 Å². The molecule has 7 nitrogen and oxygen atoms in total. The summed E-state index contributed by atoms with van der Waals surface area (Å²) in [5.74, 6) is -0.538. The van der Waals surface area contributed by atoms with E-state index in [4.69, 9.17) is 11.6 Å². The quantitative estimate of drug-likeness (QED) is 0.339. The lowest BCUT2D eigenvalue weighted by Crippen LogP contribution is -2.42. The van der Waals surface area contributed by atoms with Crippen molar-refractivity contribution in [3.63, 3.8) is 0 Å². The highest BCUT2D eigenvalue weighted by Crippen LogP contribution is 2.25. The number of hydrogen-bond donors (Lipinski definition) is 3. The second-order valence-electron chi connectivity index (χ2n) is 7.24. The second-order valence-corrected chi connectivity index (χ2v) is 8.59. The standard InChI is InChI=1S/C24H20ClN5O2S/c1-14-8-9-16(22(31)29-30-23(32)21-15(2)5-3-6-17(21)25)13-19(14)28-24-26-11-10-18(27-24)20-7-4-12-33-20/h3-13H,1-2H3,(H,29,31)(H,30,32)(H,26,27,28). The molecule has 9 heteroatoms. The molecule has 33 heavy (non-hydrogen) atoms. The molecule has 0 aliphatic carbocycles. The zero-order valence-corrected chi connectivity index (χ0v) is 19.4. The third-order valence-corrected chi connectivity index (χ3v) is 6.12. The lowest BCUT2D eigenvalue weighted by Gasteiger charge is -2.13. The van der Waals surface area contributed by atoms with Gasteiger partial charge in [-0.3, -0.25) is 20.4 Å². The van der Waals surface area contributed by atoms with Crippen molar-refractivity contribution < 1.29 is 9.59 Å². The molecule has 0 atom stereocenters. The third-order valence-electron chi connectivity index (χ3n) is 4.91. The summed E-state index contributed by atoms with van der Waals surface area (Å²) < 4.78 is 0. The van der Waals surface area contributed by atoms with E-state index in [0.717, 1.165) is 16.1 Å². The minimum Gasteiger partial charge on any atom is -0.324 e. The van der Waals surface area contributed by atoms with Crippen molar-refractivity contribution in [2.75, 3.05) is 5.32 Å². The number of nitrogens with one attached hydrogen (secondary N) is 3. The number of amides is 2. The minimum absolute atomic E-state index is 0.313. The Bertz CT molecular complexity index is 1300. The Labute approximate surface area is 199 Å². The SMILES string of the molecule is Cc1ccc(C(=O)NNC(=O)c2c(C)cccc2Cl)cc1Nc1nccc(-c2cccs2)n1. The van der Waals surface area contributed by atoms with Gasteiger partial charge in [0.05, 0.1) is 21.2 Å². The Morgan fingerprint density at radius 2 is 1.76 bits per heavy atom. The molecule has 4 aromatic rings. The molecule has 0 saturated carbocycles. The molecule has 0 unspecified atom stereocenters. The number of hydrazine groups is 1. The first kappa shape index (κ1) is 22.4. The van der Waals surface area contributed by atoms with Crippen LogP contribution in [0.5, 0.6) is 0 Å². The van der Waals surface area contributed by atoms with Crippen LogP contribution in [0.25, 0.3) is 10.6 Å². The Kier molecular flexibility index (Phi) is 6.67. The van der Waals surface area contributed by atoms with Crippen LogP contribution in [0.4, 0.5) is 11.6 Å². The summed E-state index contributed by atoms with van der Waals surface area (Å²) >= 11 is 7.72. The zero-order chi connectivity index (χ0) is 23.4. The smallest absolute Gasteiger partial charge is 0.271 e. The second kappa shape index (κ2) is 9.81. The van der Waals surface area contributed by atoms with E-state index in [0.29, 0.717) is 33.3 Å². The number of carbonyl (C=O) groups excluding carboxylic acids is 2. The van der Waals surface area contributed by atoms with Gasteiger partial charge in [0, 0.05) is 17.4 Å². The molecule has 2 heterocycles. The van der Waals surface area contributed by atoms with Gasteiger partial charge in [0.2, 0.25) is 5.95 Å². The molecule has 2 aromatic carbocycles. The monoisotopic (exact) mass is 477 g/mol. The fraction of sp³-hybridized carbons (Fsp3) is 0.0833. The van der Waals surface area contributed by atoms with Crippen molar-refractivity contribution in [3.05, 3.63) is 93.5 Å². The lowest BCUT2D eigenvalue weighted by atomic mass is 10.1. The molecule has 2 aromatic heterocycles. The maximum Gasteiger partial charge on any atom is 0.271 e. The summed E-state index contributed by atoms with van der Waals surface area (Å²) in [7, 11) is 0. The summed E-state index contributed by atoms with van der Waals surface area (Å²) in [6.45, 7) is 3.69. The van der Waals surface area contributed by atoms with Gasteiger partial charge in [0.25, 0.3) is 11.8 Å². The summed E-state index contributed by atoms with van der Waals surface area (Å²) in [5.41, 5.74) is 8.63. The number of carbonyl (C=O) groups is 2. The maximum atomic E-state index is 12.7. The number of aryl methyl sites for hydroxylation is 2. The average molecular weight is 478 g/mol. The van der Waals surface area contributed by atoms with Crippen molar-refractivity contribution >= 4 is 46.4 Å². The average Bonchev–Trinajstić information content (AvgIpc) is 3.34. The van der Waals surface area contributed by atoms with E-state index in [1.165, 1.54) is 0 Å². The Morgan fingerprint density at radius 3 is 2.52 bits per heavy atom. The highest BCUT2D eigenvalue weighted by molar-refractivity contribution is 7.13. The Balaban J connectivity index is 1.47. The number of hydrogen-bond acceptors (Lipinski definition) is 6. The number of rotatable bonds is 5. The molecule has 3 N–H and O–H groups in total. The van der Waals surface area contributed by atoms with Gasteiger partial charge in [0.15, 0.2) is 0 Å². The van der Waals surface area contributed by atoms with Gasteiger partial charge in [-0.2, -0.15) is 0 Å². The van der Waals surface area contributed by atoms with Crippen LogP contribution in [0.2, 0.25) is 5.02 Å². The number of benzene rings is 2. The van der Waals surface area contributed by atoms with Gasteiger partial charge < -0.3 is 5.32 Å². The molecule has 0 aliphatic heterocycles. The van der Waals surface area contributed by atoms with Crippen molar-refractivity contribution in [3.8, 4) is 10.6 Å². The summed E-state index contributed by atoms with van der Waals surface area (Å²) in [5, 5.41) is 5.48. The number of anilines is 2. The molecule has 166 valence electrons. The normalized spacial score (nSPS) is 10.5. The fourth-order valence-corrected chi connectivity index (χ4v) is 4.17. The Morgan fingerprint density at radius 1 is 0.939 bits per heavy atom. The lowest BCUT2D eigenvalue weighted by molar-refractivity contribution is 0.0846. The molecule has 4 rings (SSSR count). The molecule has 0 fully saturated rings. The predicted molar refractivity (Wildman–Crippen MR) is 131 cm³/mol. The fourth-order valence-electron chi connectivity index (χ4n) is 3.17. The summed E-state index contributed by atoms with van der Waals surface area (Å²) in [6.07, 6.45) is 1.68. The number of halogens is 1. The largest absolute Gasteiger partial charge is 0.324 e. The first-order chi connectivity index (χ1) is 15.9. The van der Waals surface area contributed by atoms with Gasteiger partial charge >= 0.3 is 0 Å². The molecule has 2 amide bonds. The van der Waals surface area contributed by atoms with Crippen LogP contribution in [0, 0.1) is 13.8 Å². The predicted octanol–water partition coefficient (Wildman–Crippen LogP) is 5.29. The first-order valence-electron chi connectivity index (χ1n) is 10.0. The van der Waals surface area contributed by atoms with Crippen LogP contribution < -0.4 is 16.2 Å². The van der Waals surface area contributed by atoms with Gasteiger partial charge in [-0.05, 0) is 60.7 Å². The third kappa shape index (κ3) is 5.19. The summed E-state index contributed by atoms with van der Waals surface area (Å²) in [4.78, 5) is 35.0. The van der Waals surface area contributed by atoms with E-state index in [9.17, 15) is 9.59 Å². The van der Waals surface area contributed by atoms with Gasteiger partial charge in [-0.1, -0.05) is 35.9 Å². The van der Waals surface area contributed by atoms with Crippen molar-refractivity contribution in [1.82, 2.24) is 20.8 Å². The zero-order valence-electron chi connectivity index (χ0n) is 17.8. The molecule has 0 spiro atoms. The van der Waals surface area contributed by atoms with E-state index in [1.54, 1.807) is 60.9 Å². The van der Waals surface area contributed by atoms with Crippen molar-refractivity contribution in [2.45, 2.75) is 13.8 Å². The molecule has 0 saturated heterocycles. The van der Waals surface area contributed by atoms with E-state index in [1.807, 2.05) is 30.5 Å². The van der Waals surface area contributed by atoms with E-state index < -0.39 is 11.8 Å². The molecular formula is C24H20ClN5O2S. The highest BCUT2D eigenvalue weighted by Gasteiger charge is 2.15. The van der Waals surface area contributed by atoms with Gasteiger partial charge in [-0.15, -0.1) is 11.3 Å². The minimum atomic E-state index is -0.490. The van der Waals surface area contributed by atoms with Crippen molar-refractivity contribution in [1.29, 1.82) is 0 Å².